The van der Waals surface area contributed by atoms with Crippen LogP contribution in [0.2, 0.25) is 0 Å². The minimum atomic E-state index is -3.66. The minimum absolute atomic E-state index is 0.284. The zero-order chi connectivity index (χ0) is 16.8. The van der Waals surface area contributed by atoms with Gasteiger partial charge in [0, 0.05) is 15.6 Å². The molecule has 0 N–H and O–H groups in total. The van der Waals surface area contributed by atoms with Crippen molar-refractivity contribution < 1.29 is 8.42 Å². The molecule has 0 aliphatic heterocycles. The Hall–Kier alpha value is -1.59. The smallest absolute Gasteiger partial charge is 0.238 e. The standard InChI is InChI=1S/C18H18BrNO2S/c1-12(2)14-8-9-18(16(19)11-14)23(21,22)20-13(3)10-15-6-4-5-7-17(15)20/h4-12H,1-3H3. The van der Waals surface area contributed by atoms with Crippen LogP contribution in [0.25, 0.3) is 10.9 Å². The molecule has 5 heteroatoms. The SMILES string of the molecule is Cc1cc2ccccc2n1S(=O)(=O)c1ccc(C(C)C)cc1Br. The first kappa shape index (κ1) is 16.3. The average molecular weight is 392 g/mol. The molecule has 3 aromatic rings. The van der Waals surface area contributed by atoms with Gasteiger partial charge in [-0.05, 0) is 58.6 Å². The molecule has 1 aromatic heterocycles. The minimum Gasteiger partial charge on any atom is -0.238 e. The molecule has 0 saturated heterocycles. The zero-order valence-corrected chi connectivity index (χ0v) is 15.6. The molecule has 0 aliphatic rings. The van der Waals surface area contributed by atoms with Gasteiger partial charge in [-0.15, -0.1) is 0 Å². The van der Waals surface area contributed by atoms with Gasteiger partial charge >= 0.3 is 0 Å². The Balaban J connectivity index is 2.24. The Bertz CT molecular complexity index is 987. The number of aromatic nitrogens is 1. The summed E-state index contributed by atoms with van der Waals surface area (Å²) >= 11 is 3.43. The summed E-state index contributed by atoms with van der Waals surface area (Å²) in [6.07, 6.45) is 0. The first-order valence-corrected chi connectivity index (χ1v) is 9.68. The number of halogens is 1. The summed E-state index contributed by atoms with van der Waals surface area (Å²) in [5.41, 5.74) is 2.50. The Morgan fingerprint density at radius 2 is 1.74 bits per heavy atom. The molecule has 0 atom stereocenters. The van der Waals surface area contributed by atoms with Crippen LogP contribution >= 0.6 is 15.9 Å². The molecule has 2 aromatic carbocycles. The fraction of sp³-hybridized carbons (Fsp3) is 0.222. The van der Waals surface area contributed by atoms with E-state index < -0.39 is 10.0 Å². The van der Waals surface area contributed by atoms with Crippen LogP contribution in [0, 0.1) is 6.92 Å². The summed E-state index contributed by atoms with van der Waals surface area (Å²) in [5.74, 6) is 0.345. The molecule has 0 spiro atoms. The van der Waals surface area contributed by atoms with Crippen molar-refractivity contribution in [3.05, 3.63) is 64.3 Å². The largest absolute Gasteiger partial charge is 0.269 e. The van der Waals surface area contributed by atoms with E-state index in [4.69, 9.17) is 0 Å². The quantitative estimate of drug-likeness (QED) is 0.624. The Labute approximate surface area is 145 Å². The van der Waals surface area contributed by atoms with Gasteiger partial charge in [-0.3, -0.25) is 0 Å². The third-order valence-corrected chi connectivity index (χ3v) is 6.78. The van der Waals surface area contributed by atoms with E-state index in [0.717, 1.165) is 10.9 Å². The van der Waals surface area contributed by atoms with Crippen molar-refractivity contribution in [1.82, 2.24) is 3.97 Å². The van der Waals surface area contributed by atoms with Crippen LogP contribution < -0.4 is 0 Å². The lowest BCUT2D eigenvalue weighted by Crippen LogP contribution is -2.15. The highest BCUT2D eigenvalue weighted by Gasteiger charge is 2.24. The maximum absolute atomic E-state index is 13.2. The van der Waals surface area contributed by atoms with E-state index >= 15 is 0 Å². The van der Waals surface area contributed by atoms with Gasteiger partial charge in [0.25, 0.3) is 10.0 Å². The number of nitrogens with zero attached hydrogens (tertiary/aromatic N) is 1. The number of hydrogen-bond donors (Lipinski definition) is 0. The van der Waals surface area contributed by atoms with Gasteiger partial charge in [-0.1, -0.05) is 38.1 Å². The highest BCUT2D eigenvalue weighted by atomic mass is 79.9. The van der Waals surface area contributed by atoms with Gasteiger partial charge in [0.1, 0.15) is 4.90 Å². The van der Waals surface area contributed by atoms with Gasteiger partial charge in [0.15, 0.2) is 0 Å². The van der Waals surface area contributed by atoms with Crippen LogP contribution in [0.3, 0.4) is 0 Å². The lowest BCUT2D eigenvalue weighted by molar-refractivity contribution is 0.587. The summed E-state index contributed by atoms with van der Waals surface area (Å²) in [5, 5.41) is 0.920. The maximum atomic E-state index is 13.2. The topological polar surface area (TPSA) is 39.1 Å². The fourth-order valence-corrected chi connectivity index (χ4v) is 5.38. The third-order valence-electron chi connectivity index (χ3n) is 3.98. The Morgan fingerprint density at radius 3 is 2.39 bits per heavy atom. The number of hydrogen-bond acceptors (Lipinski definition) is 2. The summed E-state index contributed by atoms with van der Waals surface area (Å²) < 4.78 is 28.3. The summed E-state index contributed by atoms with van der Waals surface area (Å²) in [7, 11) is -3.66. The molecule has 0 aliphatic carbocycles. The van der Waals surface area contributed by atoms with Gasteiger partial charge in [-0.2, -0.15) is 0 Å². The number of aryl methyl sites for hydroxylation is 1. The van der Waals surface area contributed by atoms with Crippen LogP contribution in [-0.4, -0.2) is 12.4 Å². The highest BCUT2D eigenvalue weighted by Crippen LogP contribution is 2.31. The molecular weight excluding hydrogens is 374 g/mol. The molecule has 23 heavy (non-hydrogen) atoms. The molecule has 0 bridgehead atoms. The normalized spacial score (nSPS) is 12.2. The van der Waals surface area contributed by atoms with E-state index in [0.29, 0.717) is 21.6 Å². The molecule has 0 fully saturated rings. The van der Waals surface area contributed by atoms with Crippen LogP contribution in [-0.2, 0) is 10.0 Å². The van der Waals surface area contributed by atoms with E-state index in [2.05, 4.69) is 29.8 Å². The van der Waals surface area contributed by atoms with Crippen LogP contribution in [0.5, 0.6) is 0 Å². The van der Waals surface area contributed by atoms with Crippen molar-refractivity contribution in [2.75, 3.05) is 0 Å². The fourth-order valence-electron chi connectivity index (χ4n) is 2.77. The van der Waals surface area contributed by atoms with E-state index in [1.807, 2.05) is 49.4 Å². The molecule has 120 valence electrons. The van der Waals surface area contributed by atoms with Gasteiger partial charge in [0.2, 0.25) is 0 Å². The number of benzene rings is 2. The summed E-state index contributed by atoms with van der Waals surface area (Å²) in [6.45, 7) is 5.98. The number of rotatable bonds is 3. The second kappa shape index (κ2) is 5.80. The van der Waals surface area contributed by atoms with E-state index in [1.54, 1.807) is 6.07 Å². The van der Waals surface area contributed by atoms with Crippen LogP contribution in [0.4, 0.5) is 0 Å². The van der Waals surface area contributed by atoms with Gasteiger partial charge in [0.05, 0.1) is 5.52 Å². The molecular formula is C18H18BrNO2S. The van der Waals surface area contributed by atoms with E-state index in [1.165, 1.54) is 3.97 Å². The van der Waals surface area contributed by atoms with Crippen LogP contribution in [0.1, 0.15) is 31.0 Å². The average Bonchev–Trinajstić information content (AvgIpc) is 2.83. The Kier molecular flexibility index (Phi) is 4.10. The predicted molar refractivity (Wildman–Crippen MR) is 97.5 cm³/mol. The van der Waals surface area contributed by atoms with Crippen molar-refractivity contribution in [2.45, 2.75) is 31.6 Å². The summed E-state index contributed by atoms with van der Waals surface area (Å²) in [4.78, 5) is 0.284. The Morgan fingerprint density at radius 1 is 1.04 bits per heavy atom. The molecule has 0 unspecified atom stereocenters. The summed E-state index contributed by atoms with van der Waals surface area (Å²) in [6, 6.07) is 14.9. The first-order valence-electron chi connectivity index (χ1n) is 7.44. The van der Waals surface area contributed by atoms with Crippen molar-refractivity contribution in [3.8, 4) is 0 Å². The molecule has 0 radical (unpaired) electrons. The van der Waals surface area contributed by atoms with E-state index in [9.17, 15) is 8.42 Å². The molecule has 3 nitrogen and oxygen atoms in total. The molecule has 0 saturated carbocycles. The maximum Gasteiger partial charge on any atom is 0.269 e. The van der Waals surface area contributed by atoms with Crippen molar-refractivity contribution in [1.29, 1.82) is 0 Å². The third kappa shape index (κ3) is 2.72. The van der Waals surface area contributed by atoms with Gasteiger partial charge in [-0.25, -0.2) is 12.4 Å². The molecule has 1 heterocycles. The predicted octanol–water partition coefficient (Wildman–Crippen LogP) is 5.07. The van der Waals surface area contributed by atoms with Crippen molar-refractivity contribution in [2.24, 2.45) is 0 Å². The highest BCUT2D eigenvalue weighted by molar-refractivity contribution is 9.10. The van der Waals surface area contributed by atoms with E-state index in [-0.39, 0.29) is 4.90 Å². The number of fused-ring (bicyclic) bond motifs is 1. The molecule has 3 rings (SSSR count). The van der Waals surface area contributed by atoms with Crippen molar-refractivity contribution >= 4 is 36.9 Å². The zero-order valence-electron chi connectivity index (χ0n) is 13.2. The first-order chi connectivity index (χ1) is 10.8. The number of para-hydroxylation sites is 1. The second-order valence-electron chi connectivity index (χ2n) is 5.96. The second-order valence-corrected chi connectivity index (χ2v) is 8.57. The molecule has 0 amide bonds. The lowest BCUT2D eigenvalue weighted by atomic mass is 10.0. The van der Waals surface area contributed by atoms with Gasteiger partial charge < -0.3 is 0 Å². The van der Waals surface area contributed by atoms with Crippen molar-refractivity contribution in [3.63, 3.8) is 0 Å². The lowest BCUT2D eigenvalue weighted by Gasteiger charge is -2.13. The van der Waals surface area contributed by atoms with Crippen LogP contribution in [0.15, 0.2) is 57.9 Å². The monoisotopic (exact) mass is 391 g/mol.